The Balaban J connectivity index is 1.36. The Hall–Kier alpha value is -2.92. The van der Waals surface area contributed by atoms with Crippen molar-refractivity contribution in [2.24, 2.45) is 5.92 Å². The van der Waals surface area contributed by atoms with Crippen LogP contribution >= 0.6 is 11.3 Å². The molecule has 4 aliphatic rings. The fourth-order valence-corrected chi connectivity index (χ4v) is 8.75. The second-order valence-electron chi connectivity index (χ2n) is 11.5. The molecule has 7 rings (SSSR count). The molecule has 9 nitrogen and oxygen atoms in total. The molecule has 1 amide bonds. The monoisotopic (exact) mass is 569 g/mol. The fraction of sp³-hybridized carbons (Fsp3) is 0.536. The van der Waals surface area contributed by atoms with Gasteiger partial charge in [-0.05, 0) is 90.2 Å². The summed E-state index contributed by atoms with van der Waals surface area (Å²) in [6.45, 7) is 5.61. The number of hydrogen-bond donors (Lipinski definition) is 2. The number of sulfone groups is 1. The fourth-order valence-electron chi connectivity index (χ4n) is 5.99. The lowest BCUT2D eigenvalue weighted by atomic mass is 9.65. The molecular formula is C28H35N5O4S2. The number of carbonyl (C=O) groups is 1. The minimum absolute atomic E-state index is 0.232. The number of fused-ring (bicyclic) bond motifs is 3. The molecule has 1 aromatic carbocycles. The molecule has 4 fully saturated rings. The van der Waals surface area contributed by atoms with Crippen molar-refractivity contribution in [2.45, 2.75) is 93.9 Å². The zero-order chi connectivity index (χ0) is 27.4. The normalized spacial score (nSPS) is 22.7. The lowest BCUT2D eigenvalue weighted by molar-refractivity contribution is 0.0900. The summed E-state index contributed by atoms with van der Waals surface area (Å²) in [6, 6.07) is 7.18. The van der Waals surface area contributed by atoms with E-state index in [4.69, 9.17) is 9.72 Å². The van der Waals surface area contributed by atoms with Crippen LogP contribution in [0.2, 0.25) is 0 Å². The number of anilines is 3. The van der Waals surface area contributed by atoms with E-state index < -0.39 is 9.84 Å². The molecule has 2 N–H and O–H groups in total. The maximum Gasteiger partial charge on any atom is 0.416 e. The number of aromatic nitrogens is 3. The summed E-state index contributed by atoms with van der Waals surface area (Å²) in [5.41, 5.74) is 2.44. The van der Waals surface area contributed by atoms with Gasteiger partial charge >= 0.3 is 6.09 Å². The van der Waals surface area contributed by atoms with Crippen molar-refractivity contribution in [1.29, 1.82) is 0 Å². The van der Waals surface area contributed by atoms with E-state index >= 15 is 0 Å². The third-order valence-electron chi connectivity index (χ3n) is 8.25. The number of benzene rings is 1. The molecule has 208 valence electrons. The van der Waals surface area contributed by atoms with E-state index in [9.17, 15) is 13.2 Å². The molecule has 11 heteroatoms. The van der Waals surface area contributed by atoms with Crippen molar-refractivity contribution in [3.05, 3.63) is 35.3 Å². The quantitative estimate of drug-likeness (QED) is 0.314. The van der Waals surface area contributed by atoms with Gasteiger partial charge in [0.15, 0.2) is 20.8 Å². The molecular weight excluding hydrogens is 534 g/mol. The highest BCUT2D eigenvalue weighted by molar-refractivity contribution is 7.92. The van der Waals surface area contributed by atoms with Crippen LogP contribution < -0.4 is 10.2 Å². The highest BCUT2D eigenvalue weighted by Crippen LogP contribution is 2.50. The third-order valence-corrected chi connectivity index (χ3v) is 11.4. The number of hydrogen-bond acceptors (Lipinski definition) is 8. The molecule has 4 aliphatic carbocycles. The maximum atomic E-state index is 13.4. The Morgan fingerprint density at radius 2 is 1.87 bits per heavy atom. The zero-order valence-electron chi connectivity index (χ0n) is 22.6. The predicted octanol–water partition coefficient (Wildman–Crippen LogP) is 6.60. The lowest BCUT2D eigenvalue weighted by Crippen LogP contribution is -2.57. The van der Waals surface area contributed by atoms with Gasteiger partial charge in [-0.25, -0.2) is 23.1 Å². The number of aromatic amines is 1. The summed E-state index contributed by atoms with van der Waals surface area (Å²) >= 11 is 1.41. The van der Waals surface area contributed by atoms with Crippen molar-refractivity contribution < 1.29 is 17.9 Å². The van der Waals surface area contributed by atoms with Crippen LogP contribution in [0.15, 0.2) is 34.5 Å². The molecule has 0 aliphatic heterocycles. The summed E-state index contributed by atoms with van der Waals surface area (Å²) in [5, 5.41) is 12.4. The molecule has 0 radical (unpaired) electrons. The van der Waals surface area contributed by atoms with Gasteiger partial charge in [-0.3, -0.25) is 5.10 Å². The van der Waals surface area contributed by atoms with Crippen LogP contribution in [-0.4, -0.2) is 46.6 Å². The van der Waals surface area contributed by atoms with Gasteiger partial charge in [-0.1, -0.05) is 6.07 Å². The van der Waals surface area contributed by atoms with Crippen LogP contribution in [0.5, 0.6) is 0 Å². The summed E-state index contributed by atoms with van der Waals surface area (Å²) < 4.78 is 32.6. The smallest absolute Gasteiger partial charge is 0.416 e. The van der Waals surface area contributed by atoms with Gasteiger partial charge in [0, 0.05) is 22.7 Å². The molecule has 39 heavy (non-hydrogen) atoms. The molecule has 0 unspecified atom stereocenters. The van der Waals surface area contributed by atoms with Crippen LogP contribution in [0.25, 0.3) is 11.3 Å². The van der Waals surface area contributed by atoms with Gasteiger partial charge in [-0.2, -0.15) is 5.10 Å². The van der Waals surface area contributed by atoms with Crippen molar-refractivity contribution in [2.75, 3.05) is 10.2 Å². The van der Waals surface area contributed by atoms with Gasteiger partial charge in [0.2, 0.25) is 0 Å². The number of thiazole rings is 1. The number of carbonyl (C=O) groups excluding carboxylic acids is 1. The number of nitrogens with one attached hydrogen (secondary N) is 2. The van der Waals surface area contributed by atoms with E-state index in [-0.39, 0.29) is 27.9 Å². The first-order valence-electron chi connectivity index (χ1n) is 13.8. The second-order valence-corrected chi connectivity index (χ2v) is 14.5. The van der Waals surface area contributed by atoms with Crippen molar-refractivity contribution in [3.63, 3.8) is 0 Å². The molecule has 0 spiro atoms. The third kappa shape index (κ3) is 5.06. The molecule has 4 saturated carbocycles. The Morgan fingerprint density at radius 3 is 2.49 bits per heavy atom. The number of H-pyrrole nitrogens is 1. The molecule has 3 aromatic rings. The Morgan fingerprint density at radius 1 is 1.15 bits per heavy atom. The minimum atomic E-state index is -3.51. The van der Waals surface area contributed by atoms with E-state index in [0.717, 1.165) is 50.1 Å². The largest absolute Gasteiger partial charge is 0.446 e. The topological polar surface area (TPSA) is 117 Å². The molecule has 0 saturated heterocycles. The Kier molecular flexibility index (Phi) is 6.69. The first-order chi connectivity index (χ1) is 18.6. The van der Waals surface area contributed by atoms with E-state index in [1.807, 2.05) is 43.2 Å². The summed E-state index contributed by atoms with van der Waals surface area (Å²) in [6.07, 6.45) is 6.99. The first kappa shape index (κ1) is 26.3. The summed E-state index contributed by atoms with van der Waals surface area (Å²) in [5.74, 6) is 1.32. The molecule has 2 aromatic heterocycles. The highest BCUT2D eigenvalue weighted by atomic mass is 32.2. The van der Waals surface area contributed by atoms with E-state index in [1.165, 1.54) is 11.3 Å². The van der Waals surface area contributed by atoms with Crippen LogP contribution in [-0.2, 0) is 14.6 Å². The number of aryl methyl sites for hydroxylation is 1. The van der Waals surface area contributed by atoms with Gasteiger partial charge in [0.05, 0.1) is 33.2 Å². The molecule has 2 bridgehead atoms. The van der Waals surface area contributed by atoms with Crippen LogP contribution in [0.1, 0.15) is 70.9 Å². The van der Waals surface area contributed by atoms with Crippen molar-refractivity contribution in [3.8, 4) is 11.3 Å². The number of ether oxygens (including phenoxy) is 1. The average molecular weight is 570 g/mol. The Bertz CT molecular complexity index is 1470. The lowest BCUT2D eigenvalue weighted by Gasteiger charge is -2.51. The Labute approximate surface area is 233 Å². The van der Waals surface area contributed by atoms with Crippen LogP contribution in [0, 0.1) is 12.8 Å². The number of amides is 1. The zero-order valence-corrected chi connectivity index (χ0v) is 24.2. The van der Waals surface area contributed by atoms with Crippen molar-refractivity contribution >= 4 is 43.9 Å². The molecule has 0 atom stereocenters. The number of rotatable bonds is 8. The predicted molar refractivity (Wildman–Crippen MR) is 152 cm³/mol. The first-order valence-corrected chi connectivity index (χ1v) is 16.2. The van der Waals surface area contributed by atoms with Crippen LogP contribution in [0.3, 0.4) is 0 Å². The van der Waals surface area contributed by atoms with Gasteiger partial charge in [0.1, 0.15) is 0 Å². The van der Waals surface area contributed by atoms with E-state index in [2.05, 4.69) is 15.5 Å². The summed E-state index contributed by atoms with van der Waals surface area (Å²) in [7, 11) is -3.51. The average Bonchev–Trinajstić information content (AvgIpc) is 3.55. The molecule has 2 heterocycles. The van der Waals surface area contributed by atoms with Gasteiger partial charge in [0.25, 0.3) is 0 Å². The SMILES string of the molecule is Cc1cc(Nc2ccc(-c3csc(N(C(=O)OC(C)C)C45CCC(CC4)CC5)n3)cc2S(=O)(=O)C2CC2)n[nH]1. The van der Waals surface area contributed by atoms with E-state index in [1.54, 1.807) is 12.1 Å². The maximum absolute atomic E-state index is 13.4. The highest BCUT2D eigenvalue weighted by Gasteiger charge is 2.49. The second kappa shape index (κ2) is 9.92. The van der Waals surface area contributed by atoms with Crippen LogP contribution in [0.4, 0.5) is 21.4 Å². The minimum Gasteiger partial charge on any atom is -0.446 e. The van der Waals surface area contributed by atoms with E-state index in [0.29, 0.717) is 40.7 Å². The number of nitrogens with zero attached hydrogens (tertiary/aromatic N) is 3. The summed E-state index contributed by atoms with van der Waals surface area (Å²) in [4.78, 5) is 20.4. The van der Waals surface area contributed by atoms with Gasteiger partial charge in [-0.15, -0.1) is 11.3 Å². The standard InChI is InChI=1S/C28H35N5O4S2/c1-17(2)37-27(34)33(28-11-8-19(9-12-28)10-13-28)26-30-23(16-38-26)20-4-7-22(29-25-14-18(3)31-32-25)24(15-20)39(35,36)21-5-6-21/h4,7,14-17,19,21H,5-6,8-13H2,1-3H3,(H2,29,31,32). The van der Waals surface area contributed by atoms with Crippen molar-refractivity contribution in [1.82, 2.24) is 15.2 Å². The van der Waals surface area contributed by atoms with Gasteiger partial charge < -0.3 is 10.1 Å².